The molecule has 1 heterocycles. The van der Waals surface area contributed by atoms with Gasteiger partial charge in [0.25, 0.3) is 0 Å². The lowest BCUT2D eigenvalue weighted by molar-refractivity contribution is -0.100. The molecule has 1 aliphatic heterocycles. The zero-order chi connectivity index (χ0) is 15.1. The number of benzene rings is 1. The van der Waals surface area contributed by atoms with Crippen LogP contribution in [0.3, 0.4) is 0 Å². The third-order valence-electron chi connectivity index (χ3n) is 3.96. The van der Waals surface area contributed by atoms with Crippen molar-refractivity contribution in [2.75, 3.05) is 38.8 Å². The second-order valence-corrected chi connectivity index (χ2v) is 5.23. The molecule has 0 spiro atoms. The number of nitrogens with zero attached hydrogens (tertiary/aromatic N) is 2. The Bertz CT molecular complexity index is 457. The van der Waals surface area contributed by atoms with E-state index in [2.05, 4.69) is 16.3 Å². The van der Waals surface area contributed by atoms with Crippen molar-refractivity contribution in [3.8, 4) is 6.07 Å². The number of anilines is 1. The van der Waals surface area contributed by atoms with E-state index in [1.807, 2.05) is 24.3 Å². The molecule has 1 aromatic rings. The number of hydrogen-bond donors (Lipinski definition) is 1. The zero-order valence-electron chi connectivity index (χ0n) is 12.7. The Morgan fingerprint density at radius 1 is 1.24 bits per heavy atom. The van der Waals surface area contributed by atoms with Gasteiger partial charge in [0.15, 0.2) is 6.29 Å². The molecule has 1 aliphatic rings. The van der Waals surface area contributed by atoms with Crippen LogP contribution in [0.2, 0.25) is 0 Å². The molecule has 1 aromatic carbocycles. The number of hydrogen-bond acceptors (Lipinski definition) is 5. The number of ether oxygens (including phenoxy) is 2. The summed E-state index contributed by atoms with van der Waals surface area (Å²) in [6, 6.07) is 10.5. The summed E-state index contributed by atoms with van der Waals surface area (Å²) in [5.74, 6) is 0. The summed E-state index contributed by atoms with van der Waals surface area (Å²) in [5, 5.41) is 12.3. The first-order valence-electron chi connectivity index (χ1n) is 7.31. The summed E-state index contributed by atoms with van der Waals surface area (Å²) < 4.78 is 10.4. The largest absolute Gasteiger partial charge is 0.371 e. The maximum Gasteiger partial charge on any atom is 0.169 e. The van der Waals surface area contributed by atoms with Crippen molar-refractivity contribution in [2.24, 2.45) is 0 Å². The average molecular weight is 289 g/mol. The maximum atomic E-state index is 8.83. The fraction of sp³-hybridized carbons (Fsp3) is 0.562. The van der Waals surface area contributed by atoms with Gasteiger partial charge in [0.2, 0.25) is 0 Å². The predicted molar refractivity (Wildman–Crippen MR) is 82.2 cm³/mol. The molecule has 0 unspecified atom stereocenters. The Balaban J connectivity index is 1.78. The van der Waals surface area contributed by atoms with E-state index in [9.17, 15) is 0 Å². The van der Waals surface area contributed by atoms with E-state index >= 15 is 0 Å². The molecule has 5 heteroatoms. The molecule has 5 nitrogen and oxygen atoms in total. The van der Waals surface area contributed by atoms with Gasteiger partial charge in [-0.15, -0.1) is 0 Å². The summed E-state index contributed by atoms with van der Waals surface area (Å²) in [5.41, 5.74) is 1.90. The fourth-order valence-electron chi connectivity index (χ4n) is 2.61. The minimum absolute atomic E-state index is 0.179. The van der Waals surface area contributed by atoms with Crippen molar-refractivity contribution in [3.63, 3.8) is 0 Å². The highest BCUT2D eigenvalue weighted by Crippen LogP contribution is 2.20. The third kappa shape index (κ3) is 4.43. The van der Waals surface area contributed by atoms with Crippen LogP contribution in [0.25, 0.3) is 0 Å². The normalized spacial score (nSPS) is 16.2. The van der Waals surface area contributed by atoms with Crippen LogP contribution in [-0.4, -0.2) is 46.2 Å². The van der Waals surface area contributed by atoms with E-state index in [1.54, 1.807) is 14.2 Å². The van der Waals surface area contributed by atoms with Gasteiger partial charge < -0.3 is 19.7 Å². The quantitative estimate of drug-likeness (QED) is 0.808. The minimum atomic E-state index is -0.179. The molecule has 1 saturated heterocycles. The van der Waals surface area contributed by atoms with Crippen molar-refractivity contribution in [2.45, 2.75) is 25.2 Å². The molecule has 0 amide bonds. The number of piperidine rings is 1. The molecule has 114 valence electrons. The highest BCUT2D eigenvalue weighted by Gasteiger charge is 2.20. The summed E-state index contributed by atoms with van der Waals surface area (Å²) in [4.78, 5) is 2.36. The van der Waals surface area contributed by atoms with E-state index in [-0.39, 0.29) is 6.29 Å². The third-order valence-corrected chi connectivity index (χ3v) is 3.96. The Kier molecular flexibility index (Phi) is 6.00. The van der Waals surface area contributed by atoms with Crippen LogP contribution < -0.4 is 10.2 Å². The predicted octanol–water partition coefficient (Wildman–Crippen LogP) is 1.74. The first kappa shape index (κ1) is 15.8. The fourth-order valence-corrected chi connectivity index (χ4v) is 2.61. The number of nitriles is 1. The van der Waals surface area contributed by atoms with Gasteiger partial charge in [-0.05, 0) is 37.1 Å². The molecular weight excluding hydrogens is 266 g/mol. The summed E-state index contributed by atoms with van der Waals surface area (Å²) in [7, 11) is 3.31. The van der Waals surface area contributed by atoms with Crippen LogP contribution in [0.4, 0.5) is 5.69 Å². The first-order chi connectivity index (χ1) is 10.3. The summed E-state index contributed by atoms with van der Waals surface area (Å²) in [6.45, 7) is 2.76. The number of rotatable bonds is 6. The van der Waals surface area contributed by atoms with E-state index in [0.717, 1.165) is 25.9 Å². The van der Waals surface area contributed by atoms with Crippen LogP contribution in [0.15, 0.2) is 24.3 Å². The van der Waals surface area contributed by atoms with E-state index in [1.165, 1.54) is 5.69 Å². The van der Waals surface area contributed by atoms with Gasteiger partial charge in [0, 0.05) is 45.6 Å². The van der Waals surface area contributed by atoms with E-state index < -0.39 is 0 Å². The van der Waals surface area contributed by atoms with Gasteiger partial charge in [0.1, 0.15) is 0 Å². The van der Waals surface area contributed by atoms with Crippen LogP contribution >= 0.6 is 0 Å². The topological polar surface area (TPSA) is 57.5 Å². The lowest BCUT2D eigenvalue weighted by Crippen LogP contribution is -2.45. The maximum absolute atomic E-state index is 8.83. The molecule has 0 radical (unpaired) electrons. The van der Waals surface area contributed by atoms with Gasteiger partial charge in [-0.2, -0.15) is 5.26 Å². The van der Waals surface area contributed by atoms with Crippen molar-refractivity contribution < 1.29 is 9.47 Å². The van der Waals surface area contributed by atoms with Crippen molar-refractivity contribution >= 4 is 5.69 Å². The second-order valence-electron chi connectivity index (χ2n) is 5.23. The molecule has 0 bridgehead atoms. The van der Waals surface area contributed by atoms with Gasteiger partial charge >= 0.3 is 0 Å². The van der Waals surface area contributed by atoms with Crippen LogP contribution in [0, 0.1) is 11.3 Å². The molecule has 2 rings (SSSR count). The monoisotopic (exact) mass is 289 g/mol. The van der Waals surface area contributed by atoms with Gasteiger partial charge in [-0.1, -0.05) is 0 Å². The van der Waals surface area contributed by atoms with Crippen LogP contribution in [-0.2, 0) is 9.47 Å². The molecule has 0 aromatic heterocycles. The Hall–Kier alpha value is -1.61. The van der Waals surface area contributed by atoms with Crippen molar-refractivity contribution in [3.05, 3.63) is 29.8 Å². The minimum Gasteiger partial charge on any atom is -0.371 e. The van der Waals surface area contributed by atoms with Gasteiger partial charge in [-0.3, -0.25) is 0 Å². The lowest BCUT2D eigenvalue weighted by atomic mass is 10.0. The lowest BCUT2D eigenvalue weighted by Gasteiger charge is -2.34. The van der Waals surface area contributed by atoms with Crippen LogP contribution in [0.5, 0.6) is 0 Å². The first-order valence-corrected chi connectivity index (χ1v) is 7.31. The van der Waals surface area contributed by atoms with Gasteiger partial charge in [-0.25, -0.2) is 0 Å². The van der Waals surface area contributed by atoms with Crippen molar-refractivity contribution in [1.29, 1.82) is 5.26 Å². The zero-order valence-corrected chi connectivity index (χ0v) is 12.7. The van der Waals surface area contributed by atoms with Crippen LogP contribution in [0.1, 0.15) is 18.4 Å². The van der Waals surface area contributed by atoms with E-state index in [0.29, 0.717) is 18.2 Å². The molecular formula is C16H23N3O2. The molecule has 0 saturated carbocycles. The number of nitrogens with one attached hydrogen (secondary N) is 1. The molecule has 0 aliphatic carbocycles. The Morgan fingerprint density at radius 2 is 1.86 bits per heavy atom. The highest BCUT2D eigenvalue weighted by atomic mass is 16.7. The summed E-state index contributed by atoms with van der Waals surface area (Å²) in [6.07, 6.45) is 2.02. The standard InChI is InChI=1S/C16H23N3O2/c1-20-16(21-2)12-18-14-7-9-19(10-8-14)15-5-3-13(11-17)4-6-15/h3-6,14,16,18H,7-10,12H2,1-2H3. The van der Waals surface area contributed by atoms with Gasteiger partial charge in [0.05, 0.1) is 11.6 Å². The summed E-state index contributed by atoms with van der Waals surface area (Å²) >= 11 is 0. The molecule has 21 heavy (non-hydrogen) atoms. The Morgan fingerprint density at radius 3 is 2.38 bits per heavy atom. The average Bonchev–Trinajstić information content (AvgIpc) is 2.56. The highest BCUT2D eigenvalue weighted by molar-refractivity contribution is 5.49. The molecule has 0 atom stereocenters. The SMILES string of the molecule is COC(CNC1CCN(c2ccc(C#N)cc2)CC1)OC. The molecule has 1 N–H and O–H groups in total. The number of methoxy groups -OCH3 is 2. The van der Waals surface area contributed by atoms with Crippen molar-refractivity contribution in [1.82, 2.24) is 5.32 Å². The molecule has 1 fully saturated rings. The Labute approximate surface area is 126 Å². The smallest absolute Gasteiger partial charge is 0.169 e. The van der Waals surface area contributed by atoms with E-state index in [4.69, 9.17) is 14.7 Å². The second kappa shape index (κ2) is 7.99.